The second kappa shape index (κ2) is 7.72. The number of amides is 1. The van der Waals surface area contributed by atoms with Crippen LogP contribution in [0.2, 0.25) is 0 Å². The predicted molar refractivity (Wildman–Crippen MR) is 113 cm³/mol. The third-order valence-corrected chi connectivity index (χ3v) is 6.20. The number of aromatic nitrogens is 5. The Labute approximate surface area is 179 Å². The maximum Gasteiger partial charge on any atom is 0.256 e. The summed E-state index contributed by atoms with van der Waals surface area (Å²) in [6.45, 7) is 6.02. The fourth-order valence-corrected chi connectivity index (χ4v) is 4.77. The van der Waals surface area contributed by atoms with Crippen molar-refractivity contribution in [3.05, 3.63) is 59.4 Å². The van der Waals surface area contributed by atoms with E-state index in [1.807, 2.05) is 24.8 Å². The first kappa shape index (κ1) is 19.6. The summed E-state index contributed by atoms with van der Waals surface area (Å²) in [5.41, 5.74) is 2.61. The van der Waals surface area contributed by atoms with E-state index in [-0.39, 0.29) is 17.5 Å². The lowest BCUT2D eigenvalue weighted by molar-refractivity contribution is 0.0677. The molecule has 3 aromatic rings. The zero-order valence-corrected chi connectivity index (χ0v) is 17.6. The predicted octanol–water partition coefficient (Wildman–Crippen LogP) is 2.55. The van der Waals surface area contributed by atoms with Crippen molar-refractivity contribution in [3.8, 4) is 5.69 Å². The van der Waals surface area contributed by atoms with Crippen molar-refractivity contribution in [3.63, 3.8) is 0 Å². The number of nitrogens with zero attached hydrogens (tertiary/aromatic N) is 7. The van der Waals surface area contributed by atoms with Gasteiger partial charge in [-0.05, 0) is 56.9 Å². The molecule has 0 spiro atoms. The molecule has 2 aliphatic rings. The van der Waals surface area contributed by atoms with E-state index in [0.29, 0.717) is 24.7 Å². The topological polar surface area (TPSA) is 80.0 Å². The molecule has 1 aromatic carbocycles. The van der Waals surface area contributed by atoms with Gasteiger partial charge in [0.2, 0.25) is 5.95 Å². The van der Waals surface area contributed by atoms with E-state index in [1.54, 1.807) is 6.07 Å². The van der Waals surface area contributed by atoms with Crippen LogP contribution in [0.25, 0.3) is 5.69 Å². The van der Waals surface area contributed by atoms with Crippen molar-refractivity contribution < 1.29 is 9.18 Å². The van der Waals surface area contributed by atoms with E-state index in [0.717, 1.165) is 36.7 Å². The van der Waals surface area contributed by atoms with Crippen LogP contribution in [-0.2, 0) is 0 Å². The number of likely N-dealkylation sites (tertiary alicyclic amines) is 1. The van der Waals surface area contributed by atoms with Gasteiger partial charge in [-0.15, -0.1) is 0 Å². The minimum Gasteiger partial charge on any atom is -0.336 e. The van der Waals surface area contributed by atoms with Crippen LogP contribution in [-0.4, -0.2) is 61.4 Å². The molecule has 9 heteroatoms. The summed E-state index contributed by atoms with van der Waals surface area (Å²) in [6, 6.07) is 6.24. The molecule has 2 saturated heterocycles. The lowest BCUT2D eigenvalue weighted by atomic mass is 9.91. The second-order valence-corrected chi connectivity index (χ2v) is 8.28. The Morgan fingerprint density at radius 1 is 1.03 bits per heavy atom. The number of hydrogen-bond donors (Lipinski definition) is 0. The van der Waals surface area contributed by atoms with E-state index < -0.39 is 5.82 Å². The lowest BCUT2D eigenvalue weighted by Crippen LogP contribution is -2.50. The van der Waals surface area contributed by atoms with Crippen molar-refractivity contribution in [1.82, 2.24) is 29.9 Å². The number of halogens is 1. The Morgan fingerprint density at radius 2 is 1.74 bits per heavy atom. The molecule has 4 heterocycles. The largest absolute Gasteiger partial charge is 0.336 e. The molecule has 1 amide bonds. The van der Waals surface area contributed by atoms with E-state index >= 15 is 0 Å². The molecule has 2 atom stereocenters. The number of carbonyl (C=O) groups excluding carboxylic acids is 1. The number of rotatable bonds is 3. The van der Waals surface area contributed by atoms with Crippen LogP contribution in [0.5, 0.6) is 0 Å². The molecule has 31 heavy (non-hydrogen) atoms. The molecular weight excluding hydrogens is 397 g/mol. The molecule has 2 aliphatic heterocycles. The second-order valence-electron chi connectivity index (χ2n) is 8.28. The van der Waals surface area contributed by atoms with Crippen LogP contribution < -0.4 is 4.90 Å². The first-order chi connectivity index (χ1) is 15.0. The maximum atomic E-state index is 14.0. The van der Waals surface area contributed by atoms with Crippen molar-refractivity contribution >= 4 is 11.9 Å². The standard InChI is InChI=1S/C22H24FN7O/c1-14-11-15(2)27-22(26-14)29-10-6-16-5-9-28(13-20(16)29)21(31)18-12-17(23)3-4-19(18)30-24-7-8-25-30/h3-4,7-8,11-12,16,20H,5-6,9-10,13H2,1-2H3/t16-,20-/m0/s1. The minimum atomic E-state index is -0.458. The molecule has 8 nitrogen and oxygen atoms in total. The molecule has 0 unspecified atom stereocenters. The van der Waals surface area contributed by atoms with Crippen molar-refractivity contribution in [2.75, 3.05) is 24.5 Å². The van der Waals surface area contributed by atoms with Crippen LogP contribution in [0.15, 0.2) is 36.7 Å². The highest BCUT2D eigenvalue weighted by Crippen LogP contribution is 2.34. The Balaban J connectivity index is 1.43. The van der Waals surface area contributed by atoms with Gasteiger partial charge in [-0.1, -0.05) is 0 Å². The van der Waals surface area contributed by atoms with Crippen LogP contribution >= 0.6 is 0 Å². The monoisotopic (exact) mass is 421 g/mol. The fraction of sp³-hybridized carbons (Fsp3) is 0.409. The average molecular weight is 421 g/mol. The number of aryl methyl sites for hydroxylation is 2. The molecule has 5 rings (SSSR count). The highest BCUT2D eigenvalue weighted by molar-refractivity contribution is 5.97. The van der Waals surface area contributed by atoms with Gasteiger partial charge in [0.1, 0.15) is 5.82 Å². The van der Waals surface area contributed by atoms with E-state index in [2.05, 4.69) is 25.1 Å². The number of anilines is 1. The van der Waals surface area contributed by atoms with Gasteiger partial charge in [-0.2, -0.15) is 15.0 Å². The molecule has 0 aliphatic carbocycles. The van der Waals surface area contributed by atoms with Gasteiger partial charge in [0, 0.05) is 31.0 Å². The van der Waals surface area contributed by atoms with Gasteiger partial charge in [0.25, 0.3) is 5.91 Å². The van der Waals surface area contributed by atoms with E-state index in [4.69, 9.17) is 0 Å². The quantitative estimate of drug-likeness (QED) is 0.647. The van der Waals surface area contributed by atoms with Gasteiger partial charge in [-0.3, -0.25) is 4.79 Å². The summed E-state index contributed by atoms with van der Waals surface area (Å²) in [7, 11) is 0. The summed E-state index contributed by atoms with van der Waals surface area (Å²) in [6.07, 6.45) is 5.03. The average Bonchev–Trinajstić information content (AvgIpc) is 3.42. The van der Waals surface area contributed by atoms with Crippen molar-refractivity contribution in [2.45, 2.75) is 32.7 Å². The van der Waals surface area contributed by atoms with Gasteiger partial charge in [0.05, 0.1) is 29.7 Å². The number of piperidine rings is 1. The van der Waals surface area contributed by atoms with Gasteiger partial charge >= 0.3 is 0 Å². The first-order valence-corrected chi connectivity index (χ1v) is 10.5. The fourth-order valence-electron chi connectivity index (χ4n) is 4.77. The summed E-state index contributed by atoms with van der Waals surface area (Å²) in [4.78, 5) is 28.1. The third-order valence-electron chi connectivity index (χ3n) is 6.20. The number of fused-ring (bicyclic) bond motifs is 1. The number of carbonyl (C=O) groups is 1. The Morgan fingerprint density at radius 3 is 2.48 bits per heavy atom. The lowest BCUT2D eigenvalue weighted by Gasteiger charge is -2.38. The highest BCUT2D eigenvalue weighted by Gasteiger charge is 2.41. The zero-order chi connectivity index (χ0) is 21.5. The molecular formula is C22H24FN7O. The molecule has 0 saturated carbocycles. The molecule has 0 bridgehead atoms. The van der Waals surface area contributed by atoms with E-state index in [9.17, 15) is 9.18 Å². The molecule has 2 fully saturated rings. The van der Waals surface area contributed by atoms with Crippen molar-refractivity contribution in [2.24, 2.45) is 5.92 Å². The number of benzene rings is 1. The van der Waals surface area contributed by atoms with Gasteiger partial charge < -0.3 is 9.80 Å². The molecule has 160 valence electrons. The zero-order valence-electron chi connectivity index (χ0n) is 17.6. The normalized spacial score (nSPS) is 20.7. The SMILES string of the molecule is Cc1cc(C)nc(N2CC[C@@H]3CCN(C(=O)c4cc(F)ccc4-n4nccn4)C[C@@H]32)n1. The molecule has 0 N–H and O–H groups in total. The smallest absolute Gasteiger partial charge is 0.256 e. The number of hydrogen-bond acceptors (Lipinski definition) is 6. The molecule has 2 aromatic heterocycles. The van der Waals surface area contributed by atoms with Crippen LogP contribution in [0, 0.1) is 25.6 Å². The van der Waals surface area contributed by atoms with Crippen LogP contribution in [0.1, 0.15) is 34.6 Å². The summed E-state index contributed by atoms with van der Waals surface area (Å²) in [5.74, 6) is 0.554. The van der Waals surface area contributed by atoms with Gasteiger partial charge in [0.15, 0.2) is 0 Å². The summed E-state index contributed by atoms with van der Waals surface area (Å²) in [5, 5.41) is 8.23. The first-order valence-electron chi connectivity index (χ1n) is 10.5. The Bertz CT molecular complexity index is 1100. The highest BCUT2D eigenvalue weighted by atomic mass is 19.1. The van der Waals surface area contributed by atoms with Crippen molar-refractivity contribution in [1.29, 1.82) is 0 Å². The maximum absolute atomic E-state index is 14.0. The third kappa shape index (κ3) is 3.64. The summed E-state index contributed by atoms with van der Waals surface area (Å²) < 4.78 is 14.0. The summed E-state index contributed by atoms with van der Waals surface area (Å²) >= 11 is 0. The Hall–Kier alpha value is -3.36. The van der Waals surface area contributed by atoms with Gasteiger partial charge in [-0.25, -0.2) is 14.4 Å². The molecule has 0 radical (unpaired) electrons. The minimum absolute atomic E-state index is 0.152. The Kier molecular flexibility index (Phi) is 4.88. The van der Waals surface area contributed by atoms with E-state index in [1.165, 1.54) is 29.3 Å². The van der Waals surface area contributed by atoms with Crippen LogP contribution in [0.3, 0.4) is 0 Å². The van der Waals surface area contributed by atoms with Crippen LogP contribution in [0.4, 0.5) is 10.3 Å².